The summed E-state index contributed by atoms with van der Waals surface area (Å²) in [6.45, 7) is 3.49. The predicted octanol–water partition coefficient (Wildman–Crippen LogP) is -1.63. The molecule has 2 aromatic rings. The Kier molecular flexibility index (Phi) is 11.0. The summed E-state index contributed by atoms with van der Waals surface area (Å²) in [6, 6.07) is 2.11. The molecule has 1 aromatic heterocycles. The number of aromatic amines is 1. The maximum Gasteiger partial charge on any atom is 0.326 e. The zero-order chi connectivity index (χ0) is 29.3. The molecule has 5 atom stereocenters. The van der Waals surface area contributed by atoms with E-state index in [4.69, 9.17) is 17.2 Å². The second-order valence-corrected chi connectivity index (χ2v) is 9.34. The maximum absolute atomic E-state index is 13.2. The van der Waals surface area contributed by atoms with Gasteiger partial charge in [-0.3, -0.25) is 24.0 Å². The number of H-pyrrole nitrogens is 1. The van der Waals surface area contributed by atoms with Crippen LogP contribution in [0.25, 0.3) is 10.9 Å². The Morgan fingerprint density at radius 2 is 1.49 bits per heavy atom. The molecule has 0 fully saturated rings. The van der Waals surface area contributed by atoms with Crippen LogP contribution in [0, 0.1) is 5.92 Å². The lowest BCUT2D eigenvalue weighted by Gasteiger charge is -2.27. The van der Waals surface area contributed by atoms with E-state index in [1.54, 1.807) is 20.0 Å². The molecular formula is C25H35N7O7. The van der Waals surface area contributed by atoms with Crippen molar-refractivity contribution in [3.8, 4) is 0 Å². The van der Waals surface area contributed by atoms with Gasteiger partial charge in [0.2, 0.25) is 29.5 Å². The van der Waals surface area contributed by atoms with Crippen molar-refractivity contribution in [3.05, 3.63) is 36.0 Å². The molecule has 0 bridgehead atoms. The lowest BCUT2D eigenvalue weighted by atomic mass is 9.96. The number of nitrogens with two attached hydrogens (primary N) is 3. The molecule has 1 aromatic carbocycles. The van der Waals surface area contributed by atoms with Crippen molar-refractivity contribution in [3.63, 3.8) is 0 Å². The fourth-order valence-corrected chi connectivity index (χ4v) is 3.94. The van der Waals surface area contributed by atoms with Crippen LogP contribution < -0.4 is 33.2 Å². The van der Waals surface area contributed by atoms with Gasteiger partial charge in [0.05, 0.1) is 18.9 Å². The molecule has 5 unspecified atom stereocenters. The van der Waals surface area contributed by atoms with Gasteiger partial charge >= 0.3 is 5.97 Å². The Balaban J connectivity index is 2.16. The Bertz CT molecular complexity index is 1230. The van der Waals surface area contributed by atoms with E-state index in [9.17, 15) is 33.9 Å². The van der Waals surface area contributed by atoms with Gasteiger partial charge in [0, 0.05) is 17.1 Å². The molecule has 0 saturated carbocycles. The lowest BCUT2D eigenvalue weighted by molar-refractivity contribution is -0.144. The normalized spacial score (nSPS) is 14.8. The molecular weight excluding hydrogens is 510 g/mol. The van der Waals surface area contributed by atoms with Crippen molar-refractivity contribution < 1.29 is 33.9 Å². The second-order valence-electron chi connectivity index (χ2n) is 9.34. The smallest absolute Gasteiger partial charge is 0.326 e. The quantitative estimate of drug-likeness (QED) is 0.129. The third-order valence-electron chi connectivity index (χ3n) is 6.30. The number of aliphatic carboxylic acids is 1. The summed E-state index contributed by atoms with van der Waals surface area (Å²) in [6.07, 6.45) is 1.03. The van der Waals surface area contributed by atoms with Crippen molar-refractivity contribution in [1.29, 1.82) is 0 Å². The number of primary amides is 2. The number of carboxylic acid groups (broad SMARTS) is 1. The number of fused-ring (bicyclic) bond motifs is 1. The number of carbonyl (C=O) groups is 6. The topological polar surface area (TPSA) is 253 Å². The fourth-order valence-electron chi connectivity index (χ4n) is 3.94. The largest absolute Gasteiger partial charge is 0.480 e. The Morgan fingerprint density at radius 1 is 0.897 bits per heavy atom. The molecule has 212 valence electrons. The molecule has 11 N–H and O–H groups in total. The Labute approximate surface area is 224 Å². The molecule has 2 rings (SSSR count). The third kappa shape index (κ3) is 8.81. The van der Waals surface area contributed by atoms with Crippen LogP contribution in [0.5, 0.6) is 0 Å². The van der Waals surface area contributed by atoms with Crippen molar-refractivity contribution in [2.75, 3.05) is 0 Å². The van der Waals surface area contributed by atoms with Crippen molar-refractivity contribution in [1.82, 2.24) is 20.9 Å². The average molecular weight is 546 g/mol. The molecule has 0 aliphatic rings. The number of hydrogen-bond donors (Lipinski definition) is 8. The number of para-hydroxylation sites is 1. The third-order valence-corrected chi connectivity index (χ3v) is 6.30. The van der Waals surface area contributed by atoms with Crippen LogP contribution >= 0.6 is 0 Å². The summed E-state index contributed by atoms with van der Waals surface area (Å²) in [5, 5.41) is 17.2. The average Bonchev–Trinajstić information content (AvgIpc) is 3.27. The monoisotopic (exact) mass is 545 g/mol. The van der Waals surface area contributed by atoms with Crippen LogP contribution in [-0.4, -0.2) is 69.8 Å². The Morgan fingerprint density at radius 3 is 2.08 bits per heavy atom. The number of rotatable bonds is 15. The van der Waals surface area contributed by atoms with Crippen LogP contribution in [0.4, 0.5) is 0 Å². The highest BCUT2D eigenvalue weighted by molar-refractivity contribution is 5.97. The van der Waals surface area contributed by atoms with E-state index < -0.39 is 78.4 Å². The van der Waals surface area contributed by atoms with Crippen LogP contribution in [-0.2, 0) is 35.2 Å². The van der Waals surface area contributed by atoms with Gasteiger partial charge in [0.1, 0.15) is 18.1 Å². The molecule has 0 aliphatic heterocycles. The van der Waals surface area contributed by atoms with E-state index >= 15 is 0 Å². The van der Waals surface area contributed by atoms with Gasteiger partial charge in [0.25, 0.3) is 0 Å². The number of nitrogens with one attached hydrogen (secondary N) is 4. The summed E-state index contributed by atoms with van der Waals surface area (Å²) in [7, 11) is 0. The highest BCUT2D eigenvalue weighted by Gasteiger charge is 2.33. The molecule has 0 aliphatic carbocycles. The molecule has 0 saturated heterocycles. The molecule has 14 heteroatoms. The van der Waals surface area contributed by atoms with Crippen LogP contribution in [0.15, 0.2) is 30.5 Å². The summed E-state index contributed by atoms with van der Waals surface area (Å²) in [4.78, 5) is 76.1. The van der Waals surface area contributed by atoms with Gasteiger partial charge in [-0.05, 0) is 24.0 Å². The van der Waals surface area contributed by atoms with E-state index in [1.165, 1.54) is 0 Å². The van der Waals surface area contributed by atoms with E-state index in [0.29, 0.717) is 6.42 Å². The minimum Gasteiger partial charge on any atom is -0.480 e. The van der Waals surface area contributed by atoms with E-state index in [2.05, 4.69) is 20.9 Å². The fraction of sp³-hybridized carbons (Fsp3) is 0.440. The standard InChI is InChI=1S/C25H35N7O7/c1-3-12(2)21(32-22(35)15(26)8-13-11-29-16-7-5-4-6-14(13)16)24(37)30-17(9-19(27)33)23(36)31-18(25(38)39)10-20(28)34/h4-7,11-12,15,17-18,21,29H,3,8-10,26H2,1-2H3,(H2,27,33)(H2,28,34)(H,30,37)(H,31,36)(H,32,35)(H,38,39). The molecule has 0 radical (unpaired) electrons. The first-order chi connectivity index (χ1) is 18.3. The van der Waals surface area contributed by atoms with Crippen molar-refractivity contribution >= 4 is 46.4 Å². The lowest BCUT2D eigenvalue weighted by Crippen LogP contribution is -2.59. The minimum absolute atomic E-state index is 0.188. The number of hydrogen-bond acceptors (Lipinski definition) is 7. The molecule has 39 heavy (non-hydrogen) atoms. The van der Waals surface area contributed by atoms with E-state index in [1.807, 2.05) is 24.3 Å². The molecule has 14 nitrogen and oxygen atoms in total. The second kappa shape index (κ2) is 13.9. The van der Waals surface area contributed by atoms with Crippen LogP contribution in [0.1, 0.15) is 38.7 Å². The van der Waals surface area contributed by atoms with Gasteiger partial charge in [-0.15, -0.1) is 0 Å². The summed E-state index contributed by atoms with van der Waals surface area (Å²) in [5.41, 5.74) is 18.1. The number of carboxylic acids is 1. The van der Waals surface area contributed by atoms with Gasteiger partial charge in [-0.1, -0.05) is 38.5 Å². The zero-order valence-corrected chi connectivity index (χ0v) is 21.7. The highest BCUT2D eigenvalue weighted by atomic mass is 16.4. The van der Waals surface area contributed by atoms with E-state index in [0.717, 1.165) is 16.5 Å². The van der Waals surface area contributed by atoms with Crippen LogP contribution in [0.2, 0.25) is 0 Å². The predicted molar refractivity (Wildman–Crippen MR) is 140 cm³/mol. The summed E-state index contributed by atoms with van der Waals surface area (Å²) < 4.78 is 0. The van der Waals surface area contributed by atoms with Crippen LogP contribution in [0.3, 0.4) is 0 Å². The van der Waals surface area contributed by atoms with Gasteiger partial charge < -0.3 is 43.2 Å². The number of carbonyl (C=O) groups excluding carboxylic acids is 5. The first-order valence-corrected chi connectivity index (χ1v) is 12.3. The summed E-state index contributed by atoms with van der Waals surface area (Å²) in [5.74, 6) is -6.37. The molecule has 1 heterocycles. The number of benzene rings is 1. The first kappa shape index (κ1) is 30.8. The van der Waals surface area contributed by atoms with Crippen molar-refractivity contribution in [2.45, 2.75) is 63.7 Å². The molecule has 5 amide bonds. The molecule has 0 spiro atoms. The van der Waals surface area contributed by atoms with Crippen molar-refractivity contribution in [2.24, 2.45) is 23.1 Å². The van der Waals surface area contributed by atoms with E-state index in [-0.39, 0.29) is 6.42 Å². The van der Waals surface area contributed by atoms with Gasteiger partial charge in [-0.25, -0.2) is 4.79 Å². The first-order valence-electron chi connectivity index (χ1n) is 12.3. The maximum atomic E-state index is 13.2. The SMILES string of the molecule is CCC(C)C(NC(=O)C(N)Cc1c[nH]c2ccccc12)C(=O)NC(CC(N)=O)C(=O)NC(CC(N)=O)C(=O)O. The van der Waals surface area contributed by atoms with Gasteiger partial charge in [0.15, 0.2) is 0 Å². The number of aromatic nitrogens is 1. The zero-order valence-electron chi connectivity index (χ0n) is 21.7. The number of amides is 5. The Hall–Kier alpha value is -4.46. The highest BCUT2D eigenvalue weighted by Crippen LogP contribution is 2.19. The summed E-state index contributed by atoms with van der Waals surface area (Å²) >= 11 is 0. The minimum atomic E-state index is -1.69. The van der Waals surface area contributed by atoms with Gasteiger partial charge in [-0.2, -0.15) is 0 Å².